The number of H-pyrrole nitrogens is 1. The minimum Gasteiger partial charge on any atom is -0.493 e. The van der Waals surface area contributed by atoms with E-state index < -0.39 is 0 Å². The molecule has 0 fully saturated rings. The number of carbonyl (C=O) groups excluding carboxylic acids is 1. The molecule has 10 nitrogen and oxygen atoms in total. The largest absolute Gasteiger partial charge is 0.493 e. The van der Waals surface area contributed by atoms with Gasteiger partial charge >= 0.3 is 0 Å². The number of aromatic nitrogens is 6. The first-order chi connectivity index (χ1) is 16.0. The number of nitrogens with zero attached hydrogens (tertiary/aromatic N) is 5. The molecule has 1 atom stereocenters. The molecule has 1 aliphatic heterocycles. The van der Waals surface area contributed by atoms with E-state index in [4.69, 9.17) is 14.6 Å². The van der Waals surface area contributed by atoms with E-state index in [-0.39, 0.29) is 11.8 Å². The zero-order valence-electron chi connectivity index (χ0n) is 18.9. The fraction of sp³-hybridized carbons (Fsp3) is 0.348. The lowest BCUT2D eigenvalue weighted by Gasteiger charge is -2.25. The highest BCUT2D eigenvalue weighted by atomic mass is 16.5. The van der Waals surface area contributed by atoms with Gasteiger partial charge in [0, 0.05) is 17.9 Å². The summed E-state index contributed by atoms with van der Waals surface area (Å²) in [5.74, 6) is 2.55. The van der Waals surface area contributed by atoms with Crippen LogP contribution >= 0.6 is 0 Å². The molecule has 4 heterocycles. The molecule has 1 aliphatic rings. The monoisotopic (exact) mass is 447 g/mol. The molecule has 0 unspecified atom stereocenters. The van der Waals surface area contributed by atoms with E-state index in [2.05, 4.69) is 39.1 Å². The number of anilines is 1. The number of ether oxygens (including phenoxy) is 2. The maximum absolute atomic E-state index is 12.8. The van der Waals surface area contributed by atoms with Crippen LogP contribution in [0.25, 0.3) is 17.0 Å². The molecule has 0 spiro atoms. The molecule has 5 rings (SSSR count). The van der Waals surface area contributed by atoms with Gasteiger partial charge in [0.25, 0.3) is 0 Å². The molecule has 0 aliphatic carbocycles. The summed E-state index contributed by atoms with van der Waals surface area (Å²) in [6.45, 7) is 6.69. The van der Waals surface area contributed by atoms with Crippen molar-refractivity contribution < 1.29 is 14.3 Å². The number of hydrogen-bond acceptors (Lipinski definition) is 7. The molecule has 170 valence electrons. The van der Waals surface area contributed by atoms with E-state index in [0.717, 1.165) is 16.8 Å². The van der Waals surface area contributed by atoms with Crippen LogP contribution in [0, 0.1) is 12.8 Å². The highest BCUT2D eigenvalue weighted by molar-refractivity contribution is 5.95. The van der Waals surface area contributed by atoms with Crippen molar-refractivity contribution in [2.75, 3.05) is 19.0 Å². The molecule has 10 heteroatoms. The van der Waals surface area contributed by atoms with E-state index in [9.17, 15) is 4.79 Å². The fourth-order valence-electron chi connectivity index (χ4n) is 4.18. The molecule has 33 heavy (non-hydrogen) atoms. The zero-order chi connectivity index (χ0) is 23.1. The number of aryl methyl sites for hydroxylation is 1. The molecule has 4 aromatic rings. The van der Waals surface area contributed by atoms with Gasteiger partial charge in [-0.1, -0.05) is 19.9 Å². The topological polar surface area (TPSA) is 120 Å². The van der Waals surface area contributed by atoms with Crippen molar-refractivity contribution in [3.05, 3.63) is 47.7 Å². The first-order valence-corrected chi connectivity index (χ1v) is 10.8. The quantitative estimate of drug-likeness (QED) is 0.465. The van der Waals surface area contributed by atoms with Crippen molar-refractivity contribution in [3.8, 4) is 17.3 Å². The standard InChI is InChI=1S/C23H25N7O3/c1-12(2)9-33-17-7-14(5-6-16(17)32-4)15-8-18(31)28-22-19(15)13(3)29-30(22)23-20-21(25-10-24-20)26-11-27-23/h5-7,10-12,15H,8-9H2,1-4H3,(H,28,31)(H,24,25,26,27)/t15-/m0/s1. The van der Waals surface area contributed by atoms with Gasteiger partial charge in [-0.25, -0.2) is 15.0 Å². The summed E-state index contributed by atoms with van der Waals surface area (Å²) in [7, 11) is 1.62. The average Bonchev–Trinajstić information content (AvgIpc) is 3.41. The Morgan fingerprint density at radius 2 is 2.06 bits per heavy atom. The molecular formula is C23H25N7O3. The summed E-state index contributed by atoms with van der Waals surface area (Å²) < 4.78 is 13.1. The van der Waals surface area contributed by atoms with Crippen LogP contribution in [0.3, 0.4) is 0 Å². The van der Waals surface area contributed by atoms with Crippen LogP contribution in [-0.4, -0.2) is 49.3 Å². The van der Waals surface area contributed by atoms with Gasteiger partial charge in [-0.15, -0.1) is 0 Å². The second kappa shape index (κ2) is 8.19. The molecule has 0 bridgehead atoms. The third-order valence-corrected chi connectivity index (χ3v) is 5.67. The van der Waals surface area contributed by atoms with Crippen molar-refractivity contribution in [1.82, 2.24) is 29.7 Å². The highest BCUT2D eigenvalue weighted by Crippen LogP contribution is 2.42. The lowest BCUT2D eigenvalue weighted by atomic mass is 9.85. The Balaban J connectivity index is 1.61. The molecule has 0 radical (unpaired) electrons. The van der Waals surface area contributed by atoms with Crippen molar-refractivity contribution in [2.45, 2.75) is 33.1 Å². The Bertz CT molecular complexity index is 1340. The van der Waals surface area contributed by atoms with Gasteiger partial charge < -0.3 is 19.8 Å². The summed E-state index contributed by atoms with van der Waals surface area (Å²) in [4.78, 5) is 28.6. The lowest BCUT2D eigenvalue weighted by molar-refractivity contribution is -0.116. The molecule has 0 saturated carbocycles. The number of fused-ring (bicyclic) bond motifs is 2. The predicted molar refractivity (Wildman–Crippen MR) is 122 cm³/mol. The minimum absolute atomic E-state index is 0.0935. The normalized spacial score (nSPS) is 15.5. The molecule has 2 N–H and O–H groups in total. The zero-order valence-corrected chi connectivity index (χ0v) is 18.9. The summed E-state index contributed by atoms with van der Waals surface area (Å²) in [5, 5.41) is 7.72. The van der Waals surface area contributed by atoms with Crippen LogP contribution in [0.15, 0.2) is 30.9 Å². The molecule has 1 aromatic carbocycles. The molecule has 3 aromatic heterocycles. The summed E-state index contributed by atoms with van der Waals surface area (Å²) in [6.07, 6.45) is 3.30. The number of imidazole rings is 1. The van der Waals surface area contributed by atoms with Crippen LogP contribution < -0.4 is 14.8 Å². The SMILES string of the molecule is COc1ccc([C@@H]2CC(=O)Nc3c2c(C)nn3-c2ncnc3nc[nH]c23)cc1OCC(C)C. The van der Waals surface area contributed by atoms with Gasteiger partial charge in [0.15, 0.2) is 23.0 Å². The second-order valence-electron chi connectivity index (χ2n) is 8.48. The van der Waals surface area contributed by atoms with Gasteiger partial charge in [0.1, 0.15) is 17.7 Å². The number of methoxy groups -OCH3 is 1. The van der Waals surface area contributed by atoms with E-state index in [1.807, 2.05) is 25.1 Å². The minimum atomic E-state index is -0.186. The Hall–Kier alpha value is -3.95. The number of carbonyl (C=O) groups is 1. The number of rotatable bonds is 6. The third kappa shape index (κ3) is 3.67. The van der Waals surface area contributed by atoms with E-state index in [0.29, 0.717) is 53.2 Å². The van der Waals surface area contributed by atoms with Crippen LogP contribution in [0.1, 0.15) is 43.0 Å². The van der Waals surface area contributed by atoms with Crippen molar-refractivity contribution in [2.24, 2.45) is 5.92 Å². The Morgan fingerprint density at radius 3 is 2.85 bits per heavy atom. The first-order valence-electron chi connectivity index (χ1n) is 10.8. The molecule has 0 saturated heterocycles. The van der Waals surface area contributed by atoms with Crippen molar-refractivity contribution in [3.63, 3.8) is 0 Å². The average molecular weight is 447 g/mol. The fourth-order valence-corrected chi connectivity index (χ4v) is 4.18. The summed E-state index contributed by atoms with van der Waals surface area (Å²) in [5.41, 5.74) is 3.89. The lowest BCUT2D eigenvalue weighted by Crippen LogP contribution is -2.25. The number of amides is 1. The summed E-state index contributed by atoms with van der Waals surface area (Å²) >= 11 is 0. The van der Waals surface area contributed by atoms with Crippen LogP contribution in [0.5, 0.6) is 11.5 Å². The third-order valence-electron chi connectivity index (χ3n) is 5.67. The van der Waals surface area contributed by atoms with Gasteiger partial charge in [0.05, 0.1) is 25.7 Å². The number of aromatic amines is 1. The maximum atomic E-state index is 12.8. The van der Waals surface area contributed by atoms with Gasteiger partial charge in [-0.3, -0.25) is 4.79 Å². The molecular weight excluding hydrogens is 422 g/mol. The smallest absolute Gasteiger partial charge is 0.226 e. The van der Waals surface area contributed by atoms with E-state index in [1.165, 1.54) is 6.33 Å². The van der Waals surface area contributed by atoms with Crippen molar-refractivity contribution in [1.29, 1.82) is 0 Å². The van der Waals surface area contributed by atoms with Crippen molar-refractivity contribution >= 4 is 22.9 Å². The van der Waals surface area contributed by atoms with Crippen LogP contribution in [0.4, 0.5) is 5.82 Å². The van der Waals surface area contributed by atoms with Crippen LogP contribution in [-0.2, 0) is 4.79 Å². The first kappa shape index (κ1) is 20.9. The van der Waals surface area contributed by atoms with Gasteiger partial charge in [-0.2, -0.15) is 9.78 Å². The molecule has 1 amide bonds. The Kier molecular flexibility index (Phi) is 5.20. The Morgan fingerprint density at radius 1 is 1.21 bits per heavy atom. The van der Waals surface area contributed by atoms with Crippen LogP contribution in [0.2, 0.25) is 0 Å². The van der Waals surface area contributed by atoms with E-state index >= 15 is 0 Å². The number of hydrogen-bond donors (Lipinski definition) is 2. The maximum Gasteiger partial charge on any atom is 0.226 e. The Labute approximate surface area is 190 Å². The highest BCUT2D eigenvalue weighted by Gasteiger charge is 2.34. The van der Waals surface area contributed by atoms with Gasteiger partial charge in [0.2, 0.25) is 5.91 Å². The van der Waals surface area contributed by atoms with E-state index in [1.54, 1.807) is 18.1 Å². The number of nitrogens with one attached hydrogen (secondary N) is 2. The van der Waals surface area contributed by atoms with Gasteiger partial charge in [-0.05, 0) is 30.5 Å². The predicted octanol–water partition coefficient (Wildman–Crippen LogP) is 3.36. The summed E-state index contributed by atoms with van der Waals surface area (Å²) in [6, 6.07) is 5.82. The second-order valence-corrected chi connectivity index (χ2v) is 8.48. The number of benzene rings is 1.